The summed E-state index contributed by atoms with van der Waals surface area (Å²) in [5, 5.41) is 6.24. The summed E-state index contributed by atoms with van der Waals surface area (Å²) in [6.07, 6.45) is 7.40. The highest BCUT2D eigenvalue weighted by atomic mass is 35.5. The van der Waals surface area contributed by atoms with Gasteiger partial charge in [0.1, 0.15) is 0 Å². The number of nitrogens with zero attached hydrogens (tertiary/aromatic N) is 2. The zero-order chi connectivity index (χ0) is 17.6. The van der Waals surface area contributed by atoms with Crippen molar-refractivity contribution in [2.45, 2.75) is 52.4 Å². The number of carbonyl (C=O) groups is 1. The van der Waals surface area contributed by atoms with Gasteiger partial charge in [-0.2, -0.15) is 5.32 Å². The molecule has 2 aliphatic heterocycles. The Labute approximate surface area is 163 Å². The van der Waals surface area contributed by atoms with E-state index in [1.54, 1.807) is 0 Å². The summed E-state index contributed by atoms with van der Waals surface area (Å²) in [5.74, 6) is 1.00. The van der Waals surface area contributed by atoms with Gasteiger partial charge >= 0.3 is 12.0 Å². The molecule has 0 atom stereocenters. The Bertz CT molecular complexity index is 625. The lowest BCUT2D eigenvalue weighted by Gasteiger charge is -2.28. The van der Waals surface area contributed by atoms with Crippen molar-refractivity contribution in [3.05, 3.63) is 29.3 Å². The number of piperidine rings is 2. The molecule has 0 spiro atoms. The van der Waals surface area contributed by atoms with Gasteiger partial charge in [-0.3, -0.25) is 14.8 Å². The monoisotopic (exact) mass is 379 g/mol. The van der Waals surface area contributed by atoms with E-state index in [9.17, 15) is 4.79 Å². The van der Waals surface area contributed by atoms with Crippen molar-refractivity contribution < 1.29 is 9.37 Å². The number of halogens is 1. The molecule has 5 nitrogen and oxygen atoms in total. The van der Waals surface area contributed by atoms with Crippen LogP contribution in [-0.4, -0.2) is 47.6 Å². The second-order valence-electron chi connectivity index (χ2n) is 7.26. The molecular formula is C20H32ClN4O+. The van der Waals surface area contributed by atoms with Gasteiger partial charge in [-0.05, 0) is 63.5 Å². The van der Waals surface area contributed by atoms with Gasteiger partial charge in [-0.15, -0.1) is 12.4 Å². The number of amides is 2. The van der Waals surface area contributed by atoms with Crippen molar-refractivity contribution in [2.75, 3.05) is 31.5 Å². The summed E-state index contributed by atoms with van der Waals surface area (Å²) in [6.45, 7) is 8.21. The summed E-state index contributed by atoms with van der Waals surface area (Å²) in [7, 11) is 0. The van der Waals surface area contributed by atoms with Crippen LogP contribution in [0.4, 0.5) is 10.5 Å². The smallest absolute Gasteiger partial charge is 0.294 e. The van der Waals surface area contributed by atoms with Gasteiger partial charge in [0, 0.05) is 5.69 Å². The van der Waals surface area contributed by atoms with Crippen molar-refractivity contribution in [1.82, 2.24) is 10.2 Å². The second kappa shape index (κ2) is 9.81. The number of aryl methyl sites for hydroxylation is 2. The molecule has 0 radical (unpaired) electrons. The summed E-state index contributed by atoms with van der Waals surface area (Å²) >= 11 is 0. The standard InChI is InChI=1S/C20H30N4O.ClH/c1-16-10-9-11-17(2)18(16)21-19(25)22-20(23-12-5-3-6-13-23)24-14-7-4-8-15-24;/h9-11H,3-8,12-15H2,1-2H3,(H,21,25);1H/p+1. The minimum atomic E-state index is -0.136. The molecule has 1 aromatic carbocycles. The molecule has 1 aromatic rings. The van der Waals surface area contributed by atoms with Gasteiger partial charge in [0.05, 0.1) is 26.2 Å². The molecule has 144 valence electrons. The molecule has 0 aliphatic carbocycles. The SMILES string of the molecule is Cc1cccc(C)c1NC(=O)NC(N1CCCCC1)=[N+]1CCCCC1.Cl. The van der Waals surface area contributed by atoms with E-state index in [-0.39, 0.29) is 18.4 Å². The van der Waals surface area contributed by atoms with E-state index >= 15 is 0 Å². The summed E-state index contributed by atoms with van der Waals surface area (Å²) in [6, 6.07) is 5.95. The van der Waals surface area contributed by atoms with Gasteiger partial charge in [0.2, 0.25) is 0 Å². The Morgan fingerprint density at radius 2 is 1.54 bits per heavy atom. The maximum absolute atomic E-state index is 12.7. The van der Waals surface area contributed by atoms with E-state index < -0.39 is 0 Å². The predicted octanol–water partition coefficient (Wildman–Crippen LogP) is 3.89. The molecule has 0 unspecified atom stereocenters. The van der Waals surface area contributed by atoms with Crippen LogP contribution in [0.15, 0.2) is 18.2 Å². The van der Waals surface area contributed by atoms with Crippen LogP contribution in [0.5, 0.6) is 0 Å². The lowest BCUT2D eigenvalue weighted by molar-refractivity contribution is -0.543. The molecule has 2 fully saturated rings. The van der Waals surface area contributed by atoms with Crippen LogP contribution in [0.3, 0.4) is 0 Å². The quantitative estimate of drug-likeness (QED) is 0.574. The van der Waals surface area contributed by atoms with Crippen LogP contribution in [-0.2, 0) is 0 Å². The third-order valence-electron chi connectivity index (χ3n) is 5.26. The van der Waals surface area contributed by atoms with E-state index in [1.165, 1.54) is 38.5 Å². The Kier molecular flexibility index (Phi) is 7.76. The van der Waals surface area contributed by atoms with Crippen LogP contribution in [0, 0.1) is 13.8 Å². The highest BCUT2D eigenvalue weighted by Crippen LogP contribution is 2.19. The largest absolute Gasteiger partial charge is 0.384 e. The minimum Gasteiger partial charge on any atom is -0.294 e. The lowest BCUT2D eigenvalue weighted by Crippen LogP contribution is -2.53. The summed E-state index contributed by atoms with van der Waals surface area (Å²) < 4.78 is 2.36. The van der Waals surface area contributed by atoms with E-state index in [0.717, 1.165) is 49.0 Å². The average Bonchev–Trinajstić information content (AvgIpc) is 2.64. The highest BCUT2D eigenvalue weighted by molar-refractivity contribution is 6.01. The number of rotatable bonds is 1. The number of nitrogens with one attached hydrogen (secondary N) is 2. The Balaban J connectivity index is 0.00000243. The Hall–Kier alpha value is -1.75. The van der Waals surface area contributed by atoms with Gasteiger partial charge < -0.3 is 0 Å². The maximum Gasteiger partial charge on any atom is 0.384 e. The third-order valence-corrected chi connectivity index (χ3v) is 5.26. The molecule has 3 rings (SSSR count). The van der Waals surface area contributed by atoms with Crippen LogP contribution in [0.2, 0.25) is 0 Å². The number of urea groups is 1. The molecule has 0 aromatic heterocycles. The fourth-order valence-corrected chi connectivity index (χ4v) is 3.83. The first kappa shape index (κ1) is 20.6. The molecule has 2 N–H and O–H groups in total. The first-order chi connectivity index (χ1) is 12.1. The number of anilines is 1. The van der Waals surface area contributed by atoms with Crippen LogP contribution < -0.4 is 10.6 Å². The third kappa shape index (κ3) is 5.13. The van der Waals surface area contributed by atoms with E-state index in [2.05, 4.69) is 20.1 Å². The highest BCUT2D eigenvalue weighted by Gasteiger charge is 2.28. The summed E-state index contributed by atoms with van der Waals surface area (Å²) in [5.41, 5.74) is 3.09. The molecule has 2 heterocycles. The van der Waals surface area contributed by atoms with Crippen molar-refractivity contribution in [3.8, 4) is 0 Å². The molecule has 6 heteroatoms. The normalized spacial score (nSPS) is 17.3. The zero-order valence-electron chi connectivity index (χ0n) is 16.0. The van der Waals surface area contributed by atoms with Crippen LogP contribution in [0.25, 0.3) is 0 Å². The molecule has 26 heavy (non-hydrogen) atoms. The van der Waals surface area contributed by atoms with Gasteiger partial charge in [0.15, 0.2) is 0 Å². The molecular weight excluding hydrogens is 348 g/mol. The zero-order valence-corrected chi connectivity index (χ0v) is 16.8. The molecule has 0 bridgehead atoms. The topological polar surface area (TPSA) is 47.4 Å². The van der Waals surface area contributed by atoms with Crippen molar-refractivity contribution in [2.24, 2.45) is 0 Å². The molecule has 0 saturated carbocycles. The fourth-order valence-electron chi connectivity index (χ4n) is 3.83. The number of para-hydroxylation sites is 1. The van der Waals surface area contributed by atoms with Crippen molar-refractivity contribution in [3.63, 3.8) is 0 Å². The first-order valence-corrected chi connectivity index (χ1v) is 9.66. The summed E-state index contributed by atoms with van der Waals surface area (Å²) in [4.78, 5) is 15.1. The Morgan fingerprint density at radius 3 is 2.15 bits per heavy atom. The number of benzene rings is 1. The van der Waals surface area contributed by atoms with Crippen LogP contribution in [0.1, 0.15) is 49.7 Å². The van der Waals surface area contributed by atoms with Crippen LogP contribution >= 0.6 is 12.4 Å². The van der Waals surface area contributed by atoms with E-state index in [0.29, 0.717) is 0 Å². The lowest BCUT2D eigenvalue weighted by atomic mass is 10.1. The number of likely N-dealkylation sites (tertiary alicyclic amines) is 1. The van der Waals surface area contributed by atoms with Crippen molar-refractivity contribution in [1.29, 1.82) is 0 Å². The maximum atomic E-state index is 12.7. The number of guanidine groups is 1. The Morgan fingerprint density at radius 1 is 0.962 bits per heavy atom. The molecule has 2 aliphatic rings. The molecule has 2 saturated heterocycles. The molecule has 2 amide bonds. The number of hydrogen-bond donors (Lipinski definition) is 2. The van der Waals surface area contributed by atoms with Gasteiger partial charge in [-0.1, -0.05) is 18.2 Å². The minimum absolute atomic E-state index is 0. The number of hydrogen-bond acceptors (Lipinski definition) is 1. The predicted molar refractivity (Wildman–Crippen MR) is 110 cm³/mol. The first-order valence-electron chi connectivity index (χ1n) is 9.66. The van der Waals surface area contributed by atoms with Crippen molar-refractivity contribution >= 4 is 30.1 Å². The second-order valence-corrected chi connectivity index (χ2v) is 7.26. The van der Waals surface area contributed by atoms with Gasteiger partial charge in [-0.25, -0.2) is 4.79 Å². The van der Waals surface area contributed by atoms with E-state index in [4.69, 9.17) is 0 Å². The van der Waals surface area contributed by atoms with E-state index in [1.807, 2.05) is 32.0 Å². The number of carbonyl (C=O) groups excluding carboxylic acids is 1. The average molecular weight is 380 g/mol. The fraction of sp³-hybridized carbons (Fsp3) is 0.600. The van der Waals surface area contributed by atoms with Gasteiger partial charge in [0.25, 0.3) is 0 Å².